The highest BCUT2D eigenvalue weighted by molar-refractivity contribution is 6.00. The molecule has 0 aliphatic carbocycles. The van der Waals surface area contributed by atoms with Gasteiger partial charge in [-0.1, -0.05) is 0 Å². The topological polar surface area (TPSA) is 139 Å². The first-order valence-electron chi connectivity index (χ1n) is 12.9. The van der Waals surface area contributed by atoms with Crippen LogP contribution in [0.5, 0.6) is 0 Å². The number of carbonyl (C=O) groups excluding carboxylic acids is 2. The Hall–Kier alpha value is -2.98. The van der Waals surface area contributed by atoms with E-state index in [0.717, 1.165) is 51.9 Å². The molecule has 10 nitrogen and oxygen atoms in total. The van der Waals surface area contributed by atoms with E-state index >= 15 is 0 Å². The number of hydrogen-bond acceptors (Lipinski definition) is 6. The molecule has 194 valence electrons. The third-order valence-electron chi connectivity index (χ3n) is 8.78. The van der Waals surface area contributed by atoms with Crippen molar-refractivity contribution >= 4 is 23.8 Å². The maximum Gasteiger partial charge on any atom is 0.326 e. The second-order valence-electron chi connectivity index (χ2n) is 10.8. The van der Waals surface area contributed by atoms with Crippen molar-refractivity contribution in [2.75, 3.05) is 39.3 Å². The average molecular weight is 499 g/mol. The quantitative estimate of drug-likeness (QED) is 0.412. The van der Waals surface area contributed by atoms with Gasteiger partial charge in [-0.15, -0.1) is 0 Å². The van der Waals surface area contributed by atoms with Crippen molar-refractivity contribution < 1.29 is 29.4 Å². The van der Waals surface area contributed by atoms with Crippen LogP contribution in [0.3, 0.4) is 0 Å². The van der Waals surface area contributed by atoms with Gasteiger partial charge in [0.15, 0.2) is 0 Å². The molecule has 6 fully saturated rings. The standard InChI is InChI=1S/C26H34N4O6/c31-23(27-21(25(33)34)19-13-29-9-5-15(19)6-10-29)17-1-2-18(4-3-17)24(32)28-22(26(35)36)20-14-30-11-7-16(20)8-12-30/h1-4,15-16,19-22H,5-14H2,(H,27,31)(H,28,32)(H,33,34)(H,35,36)/t19-,20-,21?,22?/m0/s1. The molecule has 0 aromatic heterocycles. The summed E-state index contributed by atoms with van der Waals surface area (Å²) in [6.45, 7) is 5.26. The normalized spacial score (nSPS) is 32.3. The number of carboxylic acids is 2. The molecule has 2 unspecified atom stereocenters. The molecule has 0 spiro atoms. The molecule has 6 saturated heterocycles. The molecule has 2 amide bonds. The summed E-state index contributed by atoms with van der Waals surface area (Å²) in [5.74, 6) is -2.74. The molecule has 7 rings (SSSR count). The number of fused-ring (bicyclic) bond motifs is 6. The van der Waals surface area contributed by atoms with Crippen molar-refractivity contribution in [1.82, 2.24) is 20.4 Å². The summed E-state index contributed by atoms with van der Waals surface area (Å²) in [5.41, 5.74) is 0.512. The minimum atomic E-state index is -1.04. The Labute approximate surface area is 210 Å². The lowest BCUT2D eigenvalue weighted by Crippen LogP contribution is -2.57. The van der Waals surface area contributed by atoms with Crippen molar-refractivity contribution in [3.05, 3.63) is 35.4 Å². The zero-order valence-electron chi connectivity index (χ0n) is 20.3. The van der Waals surface area contributed by atoms with E-state index in [9.17, 15) is 29.4 Å². The highest BCUT2D eigenvalue weighted by Crippen LogP contribution is 2.35. The summed E-state index contributed by atoms with van der Waals surface area (Å²) in [5, 5.41) is 25.0. The van der Waals surface area contributed by atoms with Crippen LogP contribution < -0.4 is 10.6 Å². The zero-order valence-corrected chi connectivity index (χ0v) is 20.3. The molecule has 6 heterocycles. The lowest BCUT2D eigenvalue weighted by Gasteiger charge is -2.46. The molecule has 36 heavy (non-hydrogen) atoms. The molecule has 0 radical (unpaired) electrons. The van der Waals surface area contributed by atoms with E-state index in [4.69, 9.17) is 0 Å². The van der Waals surface area contributed by atoms with Gasteiger partial charge in [0.25, 0.3) is 11.8 Å². The lowest BCUT2D eigenvalue weighted by molar-refractivity contribution is -0.143. The van der Waals surface area contributed by atoms with Crippen LogP contribution in [-0.2, 0) is 9.59 Å². The lowest BCUT2D eigenvalue weighted by atomic mass is 9.75. The SMILES string of the molecule is O=C(NC(C(=O)O)[C@H]1CN2CCC1CC2)c1ccc(C(=O)NC(C(=O)O)[C@H]2CN3CCC2CC3)cc1. The van der Waals surface area contributed by atoms with Gasteiger partial charge in [0.05, 0.1) is 0 Å². The molecule has 4 N–H and O–H groups in total. The second kappa shape index (κ2) is 10.2. The zero-order chi connectivity index (χ0) is 25.4. The van der Waals surface area contributed by atoms with E-state index in [2.05, 4.69) is 20.4 Å². The Balaban J connectivity index is 1.22. The van der Waals surface area contributed by atoms with Crippen molar-refractivity contribution in [2.45, 2.75) is 37.8 Å². The molecule has 1 aromatic carbocycles. The molecule has 6 aliphatic heterocycles. The van der Waals surface area contributed by atoms with Crippen molar-refractivity contribution in [2.24, 2.45) is 23.7 Å². The van der Waals surface area contributed by atoms with Gasteiger partial charge < -0.3 is 30.6 Å². The minimum Gasteiger partial charge on any atom is -0.480 e. The number of benzene rings is 1. The second-order valence-corrected chi connectivity index (χ2v) is 10.8. The number of aliphatic carboxylic acids is 2. The van der Waals surface area contributed by atoms with Crippen LogP contribution >= 0.6 is 0 Å². The fourth-order valence-electron chi connectivity index (χ4n) is 6.70. The Morgan fingerprint density at radius 3 is 1.25 bits per heavy atom. The smallest absolute Gasteiger partial charge is 0.326 e. The number of carbonyl (C=O) groups is 4. The van der Waals surface area contributed by atoms with Gasteiger partial charge in [-0.25, -0.2) is 9.59 Å². The van der Waals surface area contributed by atoms with Gasteiger partial charge in [-0.3, -0.25) is 9.59 Å². The molecule has 6 aliphatic rings. The van der Waals surface area contributed by atoms with Gasteiger partial charge in [0, 0.05) is 36.1 Å². The maximum atomic E-state index is 12.9. The van der Waals surface area contributed by atoms with Crippen LogP contribution in [0.4, 0.5) is 0 Å². The highest BCUT2D eigenvalue weighted by Gasteiger charge is 2.43. The van der Waals surface area contributed by atoms with E-state index in [-0.39, 0.29) is 23.0 Å². The van der Waals surface area contributed by atoms with E-state index in [0.29, 0.717) is 24.9 Å². The number of amides is 2. The van der Waals surface area contributed by atoms with Gasteiger partial charge in [-0.05, 0) is 88.0 Å². The molecule has 1 aromatic rings. The third kappa shape index (κ3) is 4.97. The number of nitrogens with one attached hydrogen (secondary N) is 2. The Morgan fingerprint density at radius 1 is 0.667 bits per heavy atom. The van der Waals surface area contributed by atoms with Gasteiger partial charge >= 0.3 is 11.9 Å². The van der Waals surface area contributed by atoms with Gasteiger partial charge in [0.2, 0.25) is 0 Å². The number of carboxylic acid groups (broad SMARTS) is 2. The highest BCUT2D eigenvalue weighted by atomic mass is 16.4. The molecule has 4 bridgehead atoms. The van der Waals surface area contributed by atoms with Crippen molar-refractivity contribution in [3.8, 4) is 0 Å². The van der Waals surface area contributed by atoms with Crippen LogP contribution in [0.2, 0.25) is 0 Å². The van der Waals surface area contributed by atoms with Crippen LogP contribution in [0.25, 0.3) is 0 Å². The van der Waals surface area contributed by atoms with E-state index in [1.807, 2.05) is 0 Å². The maximum absolute atomic E-state index is 12.9. The Kier molecular flexibility index (Phi) is 6.98. The molecular weight excluding hydrogens is 464 g/mol. The summed E-state index contributed by atoms with van der Waals surface area (Å²) in [6, 6.07) is 3.97. The number of piperidine rings is 6. The molecular formula is C26H34N4O6. The summed E-state index contributed by atoms with van der Waals surface area (Å²) in [4.78, 5) is 54.2. The molecule has 4 atom stereocenters. The van der Waals surface area contributed by atoms with Crippen LogP contribution in [0.1, 0.15) is 46.4 Å². The fourth-order valence-corrected chi connectivity index (χ4v) is 6.70. The van der Waals surface area contributed by atoms with Crippen LogP contribution in [0, 0.1) is 23.7 Å². The summed E-state index contributed by atoms with van der Waals surface area (Å²) >= 11 is 0. The predicted molar refractivity (Wildman–Crippen MR) is 130 cm³/mol. The Bertz CT molecular complexity index is 933. The van der Waals surface area contributed by atoms with Gasteiger partial charge in [-0.2, -0.15) is 0 Å². The van der Waals surface area contributed by atoms with E-state index in [1.54, 1.807) is 0 Å². The largest absolute Gasteiger partial charge is 0.480 e. The third-order valence-corrected chi connectivity index (χ3v) is 8.78. The minimum absolute atomic E-state index is 0.127. The average Bonchev–Trinajstić information content (AvgIpc) is 2.91. The summed E-state index contributed by atoms with van der Waals surface area (Å²) < 4.78 is 0. The Morgan fingerprint density at radius 2 is 1.00 bits per heavy atom. The number of hydrogen-bond donors (Lipinski definition) is 4. The van der Waals surface area contributed by atoms with Crippen LogP contribution in [-0.4, -0.2) is 95.1 Å². The molecule has 10 heteroatoms. The summed E-state index contributed by atoms with van der Waals surface area (Å²) in [6.07, 6.45) is 3.80. The summed E-state index contributed by atoms with van der Waals surface area (Å²) in [7, 11) is 0. The first-order valence-corrected chi connectivity index (χ1v) is 12.9. The molecule has 0 saturated carbocycles. The van der Waals surface area contributed by atoms with Crippen molar-refractivity contribution in [1.29, 1.82) is 0 Å². The first-order chi connectivity index (χ1) is 17.3. The van der Waals surface area contributed by atoms with Crippen molar-refractivity contribution in [3.63, 3.8) is 0 Å². The van der Waals surface area contributed by atoms with E-state index < -0.39 is 35.8 Å². The predicted octanol–water partition coefficient (Wildman–Crippen LogP) is 0.736. The number of rotatable bonds is 8. The van der Waals surface area contributed by atoms with E-state index in [1.165, 1.54) is 24.3 Å². The number of nitrogens with zero attached hydrogens (tertiary/aromatic N) is 2. The van der Waals surface area contributed by atoms with Crippen LogP contribution in [0.15, 0.2) is 24.3 Å². The van der Waals surface area contributed by atoms with Gasteiger partial charge in [0.1, 0.15) is 12.1 Å². The monoisotopic (exact) mass is 498 g/mol. The fraction of sp³-hybridized carbons (Fsp3) is 0.615. The first kappa shape index (κ1) is 24.7.